The molecule has 0 aliphatic heterocycles. The Bertz CT molecular complexity index is 1050. The third kappa shape index (κ3) is 5.16. The highest BCUT2D eigenvalue weighted by molar-refractivity contribution is 6.39. The Balaban J connectivity index is 1.78. The molecule has 1 aromatic heterocycles. The molecule has 30 heavy (non-hydrogen) atoms. The second-order valence-electron chi connectivity index (χ2n) is 5.67. The maximum atomic E-state index is 12.3. The van der Waals surface area contributed by atoms with Crippen LogP contribution in [0, 0.1) is 0 Å². The van der Waals surface area contributed by atoms with E-state index in [0.29, 0.717) is 11.3 Å². The van der Waals surface area contributed by atoms with Gasteiger partial charge >= 0.3 is 6.01 Å². The first-order chi connectivity index (χ1) is 14.5. The molecule has 10 heteroatoms. The van der Waals surface area contributed by atoms with E-state index in [1.54, 1.807) is 42.5 Å². The Morgan fingerprint density at radius 3 is 2.27 bits per heavy atom. The number of amides is 1. The highest BCUT2D eigenvalue weighted by Gasteiger charge is 2.14. The second-order valence-corrected chi connectivity index (χ2v) is 6.49. The van der Waals surface area contributed by atoms with Gasteiger partial charge in [0.25, 0.3) is 5.91 Å². The van der Waals surface area contributed by atoms with Crippen molar-refractivity contribution in [2.45, 2.75) is 0 Å². The molecule has 0 radical (unpaired) electrons. The highest BCUT2D eigenvalue weighted by Crippen LogP contribution is 2.26. The SMILES string of the molecule is COc1cc(OC)nc(Oc2ccccc2/C=N/NC(=O)c2c(Cl)cccc2Cl)n1. The van der Waals surface area contributed by atoms with Gasteiger partial charge in [-0.15, -0.1) is 0 Å². The number of hydrogen-bond acceptors (Lipinski definition) is 7. The lowest BCUT2D eigenvalue weighted by Crippen LogP contribution is -2.18. The zero-order chi connectivity index (χ0) is 21.5. The van der Waals surface area contributed by atoms with Gasteiger partial charge in [0.15, 0.2) is 0 Å². The van der Waals surface area contributed by atoms with Crippen molar-refractivity contribution in [2.75, 3.05) is 14.2 Å². The molecule has 0 spiro atoms. The fourth-order valence-electron chi connectivity index (χ4n) is 2.35. The smallest absolute Gasteiger partial charge is 0.328 e. The second kappa shape index (κ2) is 9.91. The molecule has 154 valence electrons. The van der Waals surface area contributed by atoms with Gasteiger partial charge in [0.05, 0.1) is 42.1 Å². The van der Waals surface area contributed by atoms with Crippen molar-refractivity contribution in [3.63, 3.8) is 0 Å². The molecule has 1 N–H and O–H groups in total. The third-order valence-corrected chi connectivity index (χ3v) is 4.39. The summed E-state index contributed by atoms with van der Waals surface area (Å²) in [7, 11) is 2.94. The highest BCUT2D eigenvalue weighted by atomic mass is 35.5. The standard InChI is InChI=1S/C20H16Cl2N4O4/c1-28-16-10-17(29-2)25-20(24-16)30-15-9-4-3-6-12(15)11-23-26-19(27)18-13(21)7-5-8-14(18)22/h3-11H,1-2H3,(H,26,27)/b23-11+. The van der Waals surface area contributed by atoms with Crippen molar-refractivity contribution in [3.8, 4) is 23.5 Å². The summed E-state index contributed by atoms with van der Waals surface area (Å²) in [6.45, 7) is 0. The predicted molar refractivity (Wildman–Crippen MR) is 113 cm³/mol. The maximum absolute atomic E-state index is 12.3. The molecule has 0 fully saturated rings. The monoisotopic (exact) mass is 446 g/mol. The van der Waals surface area contributed by atoms with Crippen LogP contribution in [0.4, 0.5) is 0 Å². The normalized spacial score (nSPS) is 10.7. The van der Waals surface area contributed by atoms with Crippen molar-refractivity contribution < 1.29 is 19.0 Å². The third-order valence-electron chi connectivity index (χ3n) is 3.76. The van der Waals surface area contributed by atoms with Crippen molar-refractivity contribution >= 4 is 35.3 Å². The molecule has 8 nitrogen and oxygen atoms in total. The van der Waals surface area contributed by atoms with Gasteiger partial charge in [0.1, 0.15) is 5.75 Å². The maximum Gasteiger partial charge on any atom is 0.328 e. The van der Waals surface area contributed by atoms with E-state index in [4.69, 9.17) is 37.4 Å². The molecule has 0 aliphatic rings. The van der Waals surface area contributed by atoms with Gasteiger partial charge in [-0.3, -0.25) is 4.79 Å². The van der Waals surface area contributed by atoms with Crippen LogP contribution in [0.2, 0.25) is 10.0 Å². The van der Waals surface area contributed by atoms with E-state index in [1.807, 2.05) is 0 Å². The van der Waals surface area contributed by atoms with Crippen molar-refractivity contribution in [3.05, 3.63) is 69.7 Å². The Kier molecular flexibility index (Phi) is 7.05. The first kappa shape index (κ1) is 21.4. The average Bonchev–Trinajstić information content (AvgIpc) is 2.74. The van der Waals surface area contributed by atoms with Gasteiger partial charge in [0, 0.05) is 5.56 Å². The van der Waals surface area contributed by atoms with Gasteiger partial charge in [-0.2, -0.15) is 15.1 Å². The Labute approximate surface area is 182 Å². The zero-order valence-electron chi connectivity index (χ0n) is 15.9. The number of benzene rings is 2. The Morgan fingerprint density at radius 2 is 1.63 bits per heavy atom. The first-order valence-electron chi connectivity index (χ1n) is 8.53. The molecule has 0 atom stereocenters. The number of hydrazone groups is 1. The molecule has 1 heterocycles. The predicted octanol–water partition coefficient (Wildman–Crippen LogP) is 4.36. The molecule has 0 saturated heterocycles. The number of para-hydroxylation sites is 1. The van der Waals surface area contributed by atoms with Crippen molar-refractivity contribution in [2.24, 2.45) is 5.10 Å². The van der Waals surface area contributed by atoms with Crippen LogP contribution in [0.5, 0.6) is 23.5 Å². The van der Waals surface area contributed by atoms with Gasteiger partial charge < -0.3 is 14.2 Å². The quantitative estimate of drug-likeness (QED) is 0.427. The fourth-order valence-corrected chi connectivity index (χ4v) is 2.92. The molecule has 0 unspecified atom stereocenters. The fraction of sp³-hybridized carbons (Fsp3) is 0.100. The Hall–Kier alpha value is -3.36. The van der Waals surface area contributed by atoms with Gasteiger partial charge in [-0.05, 0) is 24.3 Å². The van der Waals surface area contributed by atoms with Crippen LogP contribution in [-0.2, 0) is 0 Å². The molecule has 2 aromatic carbocycles. The van der Waals surface area contributed by atoms with E-state index in [9.17, 15) is 4.79 Å². The van der Waals surface area contributed by atoms with Crippen LogP contribution in [0.3, 0.4) is 0 Å². The zero-order valence-corrected chi connectivity index (χ0v) is 17.4. The summed E-state index contributed by atoms with van der Waals surface area (Å²) in [5.74, 6) is 0.432. The van der Waals surface area contributed by atoms with E-state index in [0.717, 1.165) is 0 Å². The molecule has 0 saturated carbocycles. The van der Waals surface area contributed by atoms with Gasteiger partial charge in [0.2, 0.25) is 11.8 Å². The van der Waals surface area contributed by atoms with Crippen LogP contribution in [-0.4, -0.2) is 36.3 Å². The number of rotatable bonds is 7. The summed E-state index contributed by atoms with van der Waals surface area (Å²) >= 11 is 12.1. The number of halogens is 2. The van der Waals surface area contributed by atoms with Crippen molar-refractivity contribution in [1.82, 2.24) is 15.4 Å². The summed E-state index contributed by atoms with van der Waals surface area (Å²) in [6.07, 6.45) is 1.41. The van der Waals surface area contributed by atoms with Crippen LogP contribution in [0.1, 0.15) is 15.9 Å². The minimum atomic E-state index is -0.541. The lowest BCUT2D eigenvalue weighted by molar-refractivity contribution is 0.0955. The number of nitrogens with one attached hydrogen (secondary N) is 1. The first-order valence-corrected chi connectivity index (χ1v) is 9.28. The molecule has 3 rings (SSSR count). The summed E-state index contributed by atoms with van der Waals surface area (Å²) in [6, 6.07) is 13.3. The molecule has 0 bridgehead atoms. The lowest BCUT2D eigenvalue weighted by Gasteiger charge is -2.09. The van der Waals surface area contributed by atoms with Crippen LogP contribution in [0.15, 0.2) is 53.6 Å². The molecular weight excluding hydrogens is 431 g/mol. The number of aromatic nitrogens is 2. The molecular formula is C20H16Cl2N4O4. The number of carbonyl (C=O) groups is 1. The van der Waals surface area contributed by atoms with E-state index < -0.39 is 5.91 Å². The summed E-state index contributed by atoms with van der Waals surface area (Å²) in [5.41, 5.74) is 3.09. The van der Waals surface area contributed by atoms with E-state index in [-0.39, 0.29) is 33.4 Å². The van der Waals surface area contributed by atoms with E-state index in [2.05, 4.69) is 20.5 Å². The molecule has 3 aromatic rings. The average molecular weight is 447 g/mol. The summed E-state index contributed by atoms with van der Waals surface area (Å²) in [5, 5.41) is 4.41. The minimum absolute atomic E-state index is 0.0268. The van der Waals surface area contributed by atoms with E-state index >= 15 is 0 Å². The summed E-state index contributed by atoms with van der Waals surface area (Å²) in [4.78, 5) is 20.6. The number of ether oxygens (including phenoxy) is 3. The Morgan fingerprint density at radius 1 is 1.00 bits per heavy atom. The minimum Gasteiger partial charge on any atom is -0.481 e. The van der Waals surface area contributed by atoms with Gasteiger partial charge in [-0.1, -0.05) is 41.4 Å². The number of carbonyl (C=O) groups excluding carboxylic acids is 1. The molecule has 1 amide bonds. The number of hydrogen-bond donors (Lipinski definition) is 1. The summed E-state index contributed by atoms with van der Waals surface area (Å²) < 4.78 is 16.0. The van der Waals surface area contributed by atoms with Crippen LogP contribution < -0.4 is 19.6 Å². The van der Waals surface area contributed by atoms with Crippen LogP contribution in [0.25, 0.3) is 0 Å². The van der Waals surface area contributed by atoms with Crippen LogP contribution >= 0.6 is 23.2 Å². The largest absolute Gasteiger partial charge is 0.481 e. The number of methoxy groups -OCH3 is 2. The van der Waals surface area contributed by atoms with E-state index in [1.165, 1.54) is 26.5 Å². The number of nitrogens with zero attached hydrogens (tertiary/aromatic N) is 3. The van der Waals surface area contributed by atoms with Gasteiger partial charge in [-0.25, -0.2) is 5.43 Å². The van der Waals surface area contributed by atoms with Crippen molar-refractivity contribution in [1.29, 1.82) is 0 Å². The topological polar surface area (TPSA) is 94.9 Å². The molecule has 0 aliphatic carbocycles. The lowest BCUT2D eigenvalue weighted by atomic mass is 10.2.